The summed E-state index contributed by atoms with van der Waals surface area (Å²) in [5.74, 6) is -0.419. The summed E-state index contributed by atoms with van der Waals surface area (Å²) in [4.78, 5) is 40.1. The highest BCUT2D eigenvalue weighted by molar-refractivity contribution is 8.00. The second kappa shape index (κ2) is 14.5. The van der Waals surface area contributed by atoms with E-state index < -0.39 is 5.91 Å². The van der Waals surface area contributed by atoms with E-state index in [0.717, 1.165) is 10.5 Å². The van der Waals surface area contributed by atoms with Crippen molar-refractivity contribution < 1.29 is 19.1 Å². The van der Waals surface area contributed by atoms with E-state index in [1.54, 1.807) is 61.7 Å². The van der Waals surface area contributed by atoms with Gasteiger partial charge in [-0.05, 0) is 60.5 Å². The number of nitrogens with one attached hydrogen (secondary N) is 3. The Morgan fingerprint density at radius 1 is 0.829 bits per heavy atom. The summed E-state index contributed by atoms with van der Waals surface area (Å²) >= 11 is 1.40. The summed E-state index contributed by atoms with van der Waals surface area (Å²) in [5.41, 5.74) is 2.45. The van der Waals surface area contributed by atoms with Crippen molar-refractivity contribution in [2.24, 2.45) is 0 Å². The van der Waals surface area contributed by atoms with Gasteiger partial charge in [0.25, 0.3) is 11.8 Å². The van der Waals surface area contributed by atoms with Gasteiger partial charge in [0.1, 0.15) is 11.4 Å². The van der Waals surface area contributed by atoms with Crippen LogP contribution in [0.15, 0.2) is 120 Å². The molecular weight excluding hydrogens is 534 g/mol. The first kappa shape index (κ1) is 29.2. The van der Waals surface area contributed by atoms with Crippen molar-refractivity contribution in [1.29, 1.82) is 0 Å². The van der Waals surface area contributed by atoms with Crippen LogP contribution < -0.4 is 20.7 Å². The van der Waals surface area contributed by atoms with E-state index in [1.165, 1.54) is 11.8 Å². The largest absolute Gasteiger partial charge is 0.495 e. The molecule has 0 radical (unpaired) electrons. The molecule has 7 nitrogen and oxygen atoms in total. The van der Waals surface area contributed by atoms with Crippen LogP contribution in [0.3, 0.4) is 0 Å². The van der Waals surface area contributed by atoms with Gasteiger partial charge in [-0.2, -0.15) is 0 Å². The minimum Gasteiger partial charge on any atom is -0.495 e. The maximum absolute atomic E-state index is 13.4. The maximum Gasteiger partial charge on any atom is 0.272 e. The lowest BCUT2D eigenvalue weighted by atomic mass is 10.1. The molecule has 1 unspecified atom stereocenters. The number of methoxy groups -OCH3 is 1. The van der Waals surface area contributed by atoms with Gasteiger partial charge in [-0.25, -0.2) is 0 Å². The molecule has 0 aliphatic carbocycles. The monoisotopic (exact) mass is 565 g/mol. The van der Waals surface area contributed by atoms with Crippen molar-refractivity contribution in [2.75, 3.05) is 17.7 Å². The van der Waals surface area contributed by atoms with Crippen molar-refractivity contribution in [2.45, 2.75) is 23.5 Å². The van der Waals surface area contributed by atoms with Crippen LogP contribution in [-0.2, 0) is 9.59 Å². The van der Waals surface area contributed by atoms with E-state index in [2.05, 4.69) is 16.0 Å². The minimum absolute atomic E-state index is 0.103. The molecule has 0 saturated carbocycles. The Hall–Kier alpha value is -4.82. The fraction of sp³-hybridized carbons (Fsp3) is 0.121. The maximum atomic E-state index is 13.4. The van der Waals surface area contributed by atoms with Crippen LogP contribution >= 0.6 is 11.8 Å². The molecule has 0 aromatic heterocycles. The Labute approximate surface area is 244 Å². The third kappa shape index (κ3) is 8.33. The fourth-order valence-electron chi connectivity index (χ4n) is 3.95. The van der Waals surface area contributed by atoms with Gasteiger partial charge in [0.2, 0.25) is 5.91 Å². The number of hydrogen-bond donors (Lipinski definition) is 3. The van der Waals surface area contributed by atoms with Gasteiger partial charge in [0.05, 0.1) is 18.0 Å². The molecule has 4 rings (SSSR count). The van der Waals surface area contributed by atoms with Crippen molar-refractivity contribution in [1.82, 2.24) is 5.32 Å². The number of amides is 3. The van der Waals surface area contributed by atoms with Gasteiger partial charge >= 0.3 is 0 Å². The smallest absolute Gasteiger partial charge is 0.272 e. The standard InChI is InChI=1S/C33H31N3O4S/c1-3-30(33(39)35-27-19-10-11-20-29(27)40-2)41-26-18-12-17-25(22-26)34-32(38)28(21-23-13-6-4-7-14-23)36-31(37)24-15-8-5-9-16-24/h4-22,30H,3H2,1-2H3,(H,34,38)(H,35,39)(H,36,37)/b28-21-. The Kier molecular flexibility index (Phi) is 10.3. The first-order valence-electron chi connectivity index (χ1n) is 13.1. The first-order chi connectivity index (χ1) is 20.0. The summed E-state index contributed by atoms with van der Waals surface area (Å²) in [7, 11) is 1.56. The van der Waals surface area contributed by atoms with E-state index >= 15 is 0 Å². The quantitative estimate of drug-likeness (QED) is 0.140. The Morgan fingerprint density at radius 2 is 1.51 bits per heavy atom. The van der Waals surface area contributed by atoms with Crippen molar-refractivity contribution >= 4 is 46.9 Å². The molecule has 8 heteroatoms. The lowest BCUT2D eigenvalue weighted by Crippen LogP contribution is -2.30. The van der Waals surface area contributed by atoms with E-state index in [4.69, 9.17) is 4.74 Å². The number of para-hydroxylation sites is 2. The number of carbonyl (C=O) groups excluding carboxylic acids is 3. The second-order valence-corrected chi connectivity index (χ2v) is 10.3. The van der Waals surface area contributed by atoms with Crippen LogP contribution in [0.1, 0.15) is 29.3 Å². The van der Waals surface area contributed by atoms with Gasteiger partial charge in [-0.3, -0.25) is 14.4 Å². The van der Waals surface area contributed by atoms with Gasteiger partial charge in [0, 0.05) is 16.1 Å². The molecule has 0 spiro atoms. The average Bonchev–Trinajstić information content (AvgIpc) is 3.00. The van der Waals surface area contributed by atoms with Gasteiger partial charge in [-0.1, -0.05) is 73.7 Å². The molecule has 0 aliphatic rings. The number of anilines is 2. The number of thioether (sulfide) groups is 1. The second-order valence-electron chi connectivity index (χ2n) is 8.98. The SMILES string of the molecule is CCC(Sc1cccc(NC(=O)/C(=C/c2ccccc2)NC(=O)c2ccccc2)c1)C(=O)Nc1ccccc1OC. The summed E-state index contributed by atoms with van der Waals surface area (Å²) in [6, 6.07) is 32.5. The van der Waals surface area contributed by atoms with E-state index in [0.29, 0.717) is 29.1 Å². The van der Waals surface area contributed by atoms with Crippen LogP contribution in [0.2, 0.25) is 0 Å². The normalized spacial score (nSPS) is 11.7. The molecule has 3 N–H and O–H groups in total. The highest BCUT2D eigenvalue weighted by Crippen LogP contribution is 2.30. The van der Waals surface area contributed by atoms with E-state index in [-0.39, 0.29) is 22.8 Å². The fourth-order valence-corrected chi connectivity index (χ4v) is 4.96. The molecule has 41 heavy (non-hydrogen) atoms. The molecule has 0 saturated heterocycles. The highest BCUT2D eigenvalue weighted by Gasteiger charge is 2.20. The molecule has 0 fully saturated rings. The Morgan fingerprint density at radius 3 is 2.22 bits per heavy atom. The third-order valence-corrected chi connectivity index (χ3v) is 7.40. The molecule has 4 aromatic carbocycles. The van der Waals surface area contributed by atoms with E-state index in [1.807, 2.05) is 67.6 Å². The first-order valence-corrected chi connectivity index (χ1v) is 14.0. The number of carbonyl (C=O) groups is 3. The van der Waals surface area contributed by atoms with Gasteiger partial charge in [0.15, 0.2) is 0 Å². The summed E-state index contributed by atoms with van der Waals surface area (Å²) in [5, 5.41) is 8.21. The number of hydrogen-bond acceptors (Lipinski definition) is 5. The van der Waals surface area contributed by atoms with Crippen molar-refractivity contribution in [3.63, 3.8) is 0 Å². The minimum atomic E-state index is -0.471. The summed E-state index contributed by atoms with van der Waals surface area (Å²) < 4.78 is 5.34. The number of ether oxygens (including phenoxy) is 1. The predicted octanol–water partition coefficient (Wildman–Crippen LogP) is 6.61. The molecule has 4 aromatic rings. The van der Waals surface area contributed by atoms with Gasteiger partial charge in [-0.15, -0.1) is 11.8 Å². The van der Waals surface area contributed by atoms with Crippen LogP contribution in [-0.4, -0.2) is 30.1 Å². The third-order valence-electron chi connectivity index (χ3n) is 6.04. The lowest BCUT2D eigenvalue weighted by molar-refractivity contribution is -0.116. The van der Waals surface area contributed by atoms with Gasteiger partial charge < -0.3 is 20.7 Å². The molecule has 1 atom stereocenters. The predicted molar refractivity (Wildman–Crippen MR) is 165 cm³/mol. The molecule has 208 valence electrons. The summed E-state index contributed by atoms with van der Waals surface area (Å²) in [6.07, 6.45) is 2.22. The lowest BCUT2D eigenvalue weighted by Gasteiger charge is -2.17. The number of rotatable bonds is 11. The molecule has 0 aliphatic heterocycles. The van der Waals surface area contributed by atoms with Crippen molar-refractivity contribution in [3.05, 3.63) is 126 Å². The topological polar surface area (TPSA) is 96.5 Å². The highest BCUT2D eigenvalue weighted by atomic mass is 32.2. The van der Waals surface area contributed by atoms with Crippen LogP contribution in [0.25, 0.3) is 6.08 Å². The molecule has 3 amide bonds. The van der Waals surface area contributed by atoms with E-state index in [9.17, 15) is 14.4 Å². The molecule has 0 heterocycles. The van der Waals surface area contributed by atoms with Crippen LogP contribution in [0.4, 0.5) is 11.4 Å². The molecular formula is C33H31N3O4S. The molecule has 0 bridgehead atoms. The number of benzene rings is 4. The zero-order valence-electron chi connectivity index (χ0n) is 22.8. The Balaban J connectivity index is 1.48. The zero-order valence-corrected chi connectivity index (χ0v) is 23.6. The van der Waals surface area contributed by atoms with Crippen LogP contribution in [0, 0.1) is 0 Å². The Bertz CT molecular complexity index is 1520. The summed E-state index contributed by atoms with van der Waals surface area (Å²) in [6.45, 7) is 1.95. The zero-order chi connectivity index (χ0) is 29.0. The van der Waals surface area contributed by atoms with Crippen LogP contribution in [0.5, 0.6) is 5.75 Å². The average molecular weight is 566 g/mol. The van der Waals surface area contributed by atoms with Crippen molar-refractivity contribution in [3.8, 4) is 5.75 Å².